The molecule has 23 heavy (non-hydrogen) atoms. The van der Waals surface area contributed by atoms with Crippen LogP contribution in [0.5, 0.6) is 0 Å². The summed E-state index contributed by atoms with van der Waals surface area (Å²) in [4.78, 5) is 6.69. The summed E-state index contributed by atoms with van der Waals surface area (Å²) in [5.74, 6) is -0.274. The van der Waals surface area contributed by atoms with Gasteiger partial charge in [0.25, 0.3) is 0 Å². The van der Waals surface area contributed by atoms with Crippen LogP contribution in [0.3, 0.4) is 0 Å². The van der Waals surface area contributed by atoms with Crippen LogP contribution in [0.1, 0.15) is 11.1 Å². The molecule has 0 spiro atoms. The van der Waals surface area contributed by atoms with E-state index < -0.39 is 0 Å². The third-order valence-electron chi connectivity index (χ3n) is 3.31. The van der Waals surface area contributed by atoms with Crippen LogP contribution in [0.4, 0.5) is 10.1 Å². The molecule has 0 N–H and O–H groups in total. The van der Waals surface area contributed by atoms with E-state index in [2.05, 4.69) is 48.3 Å². The first-order valence-corrected chi connectivity index (χ1v) is 8.15. The van der Waals surface area contributed by atoms with Gasteiger partial charge in [0.1, 0.15) is 5.82 Å². The van der Waals surface area contributed by atoms with Crippen LogP contribution >= 0.6 is 11.8 Å². The van der Waals surface area contributed by atoms with Gasteiger partial charge in [-0.1, -0.05) is 47.7 Å². The van der Waals surface area contributed by atoms with E-state index in [0.717, 1.165) is 5.56 Å². The molecule has 3 aromatic carbocycles. The van der Waals surface area contributed by atoms with Crippen LogP contribution in [-0.4, -0.2) is 6.21 Å². The highest BCUT2D eigenvalue weighted by Crippen LogP contribution is 2.27. The molecule has 0 aliphatic heterocycles. The summed E-state index contributed by atoms with van der Waals surface area (Å²) in [5, 5.41) is 0. The highest BCUT2D eigenvalue weighted by molar-refractivity contribution is 7.99. The Bertz CT molecular complexity index is 808. The average Bonchev–Trinajstić information content (AvgIpc) is 2.56. The lowest BCUT2D eigenvalue weighted by Crippen LogP contribution is -1.81. The van der Waals surface area contributed by atoms with E-state index >= 15 is 0 Å². The van der Waals surface area contributed by atoms with Crippen molar-refractivity contribution in [1.29, 1.82) is 0 Å². The summed E-state index contributed by atoms with van der Waals surface area (Å²) < 4.78 is 13.1. The minimum atomic E-state index is -0.274. The zero-order valence-corrected chi connectivity index (χ0v) is 13.6. The monoisotopic (exact) mass is 321 g/mol. The second-order valence-electron chi connectivity index (χ2n) is 5.22. The minimum absolute atomic E-state index is 0.274. The molecule has 0 saturated carbocycles. The molecule has 0 saturated heterocycles. The van der Waals surface area contributed by atoms with E-state index in [0.29, 0.717) is 5.69 Å². The predicted molar refractivity (Wildman–Crippen MR) is 95.4 cm³/mol. The van der Waals surface area contributed by atoms with E-state index in [4.69, 9.17) is 0 Å². The van der Waals surface area contributed by atoms with Gasteiger partial charge in [-0.15, -0.1) is 0 Å². The Hall–Kier alpha value is -2.39. The lowest BCUT2D eigenvalue weighted by molar-refractivity contribution is 0.628. The van der Waals surface area contributed by atoms with Crippen LogP contribution in [0.25, 0.3) is 0 Å². The molecule has 0 bridgehead atoms. The van der Waals surface area contributed by atoms with Crippen molar-refractivity contribution in [1.82, 2.24) is 0 Å². The Labute approximate surface area is 139 Å². The predicted octanol–water partition coefficient (Wildman–Crippen LogP) is 6.04. The first-order chi connectivity index (χ1) is 11.2. The summed E-state index contributed by atoms with van der Waals surface area (Å²) in [7, 11) is 0. The van der Waals surface area contributed by atoms with Crippen molar-refractivity contribution in [3.63, 3.8) is 0 Å². The molecule has 0 unspecified atom stereocenters. The number of hydrogen-bond acceptors (Lipinski definition) is 2. The zero-order valence-electron chi connectivity index (χ0n) is 12.7. The Balaban J connectivity index is 1.68. The highest BCUT2D eigenvalue weighted by atomic mass is 32.2. The molecule has 0 aromatic heterocycles. The number of rotatable bonds is 4. The maximum absolute atomic E-state index is 13.1. The number of hydrogen-bond donors (Lipinski definition) is 0. The Morgan fingerprint density at radius 3 is 2.17 bits per heavy atom. The SMILES string of the molecule is Cc1ccc(Sc2ccc(C=Nc3cccc(F)c3)cc2)cc1. The van der Waals surface area contributed by atoms with Crippen LogP contribution in [-0.2, 0) is 0 Å². The van der Waals surface area contributed by atoms with Gasteiger partial charge in [-0.3, -0.25) is 4.99 Å². The molecular weight excluding hydrogens is 305 g/mol. The van der Waals surface area contributed by atoms with Gasteiger partial charge in [0.15, 0.2) is 0 Å². The molecule has 0 amide bonds. The molecule has 0 fully saturated rings. The van der Waals surface area contributed by atoms with E-state index in [-0.39, 0.29) is 5.82 Å². The van der Waals surface area contributed by atoms with E-state index in [1.165, 1.54) is 27.5 Å². The van der Waals surface area contributed by atoms with Crippen LogP contribution in [0.2, 0.25) is 0 Å². The number of aryl methyl sites for hydroxylation is 1. The Kier molecular flexibility index (Phi) is 4.89. The fourth-order valence-corrected chi connectivity index (χ4v) is 2.89. The van der Waals surface area contributed by atoms with Gasteiger partial charge in [0.2, 0.25) is 0 Å². The topological polar surface area (TPSA) is 12.4 Å². The lowest BCUT2D eigenvalue weighted by Gasteiger charge is -2.02. The third-order valence-corrected chi connectivity index (χ3v) is 4.32. The minimum Gasteiger partial charge on any atom is -0.256 e. The second-order valence-corrected chi connectivity index (χ2v) is 6.37. The maximum Gasteiger partial charge on any atom is 0.125 e. The van der Waals surface area contributed by atoms with E-state index in [1.807, 2.05) is 12.1 Å². The Morgan fingerprint density at radius 2 is 1.52 bits per heavy atom. The number of nitrogens with zero attached hydrogens (tertiary/aromatic N) is 1. The molecule has 0 aliphatic carbocycles. The van der Waals surface area contributed by atoms with Crippen LogP contribution in [0.15, 0.2) is 87.6 Å². The molecule has 0 aliphatic rings. The molecule has 1 nitrogen and oxygen atoms in total. The molecule has 114 valence electrons. The first kappa shape index (κ1) is 15.5. The van der Waals surface area contributed by atoms with Gasteiger partial charge >= 0.3 is 0 Å². The third kappa shape index (κ3) is 4.54. The first-order valence-electron chi connectivity index (χ1n) is 7.33. The zero-order chi connectivity index (χ0) is 16.1. The second kappa shape index (κ2) is 7.25. The fraction of sp³-hybridized carbons (Fsp3) is 0.0500. The lowest BCUT2D eigenvalue weighted by atomic mass is 10.2. The largest absolute Gasteiger partial charge is 0.256 e. The van der Waals surface area contributed by atoms with E-state index in [9.17, 15) is 4.39 Å². The summed E-state index contributed by atoms with van der Waals surface area (Å²) >= 11 is 1.73. The molecule has 3 aromatic rings. The van der Waals surface area contributed by atoms with Crippen molar-refractivity contribution in [2.24, 2.45) is 4.99 Å². The fourth-order valence-electron chi connectivity index (χ4n) is 2.07. The average molecular weight is 321 g/mol. The molecule has 3 rings (SSSR count). The van der Waals surface area contributed by atoms with Crippen molar-refractivity contribution < 1.29 is 4.39 Å². The van der Waals surface area contributed by atoms with Crippen molar-refractivity contribution in [3.05, 3.63) is 89.7 Å². The molecule has 3 heteroatoms. The summed E-state index contributed by atoms with van der Waals surface area (Å²) in [6.07, 6.45) is 1.75. The van der Waals surface area contributed by atoms with Gasteiger partial charge < -0.3 is 0 Å². The smallest absolute Gasteiger partial charge is 0.125 e. The summed E-state index contributed by atoms with van der Waals surface area (Å²) in [5.41, 5.74) is 2.86. The van der Waals surface area contributed by atoms with Crippen LogP contribution < -0.4 is 0 Å². The standard InChI is InChI=1S/C20H16FNS/c1-15-5-9-19(10-6-15)23-20-11-7-16(8-12-20)14-22-18-4-2-3-17(21)13-18/h2-14H,1H3. The number of benzene rings is 3. The summed E-state index contributed by atoms with van der Waals surface area (Å²) in [6.45, 7) is 2.08. The quantitative estimate of drug-likeness (QED) is 0.534. The molecule has 0 radical (unpaired) electrons. The number of halogens is 1. The Morgan fingerprint density at radius 1 is 0.870 bits per heavy atom. The highest BCUT2D eigenvalue weighted by Gasteiger charge is 1.98. The van der Waals surface area contributed by atoms with E-state index in [1.54, 1.807) is 30.1 Å². The summed E-state index contributed by atoms with van der Waals surface area (Å²) in [6, 6.07) is 22.9. The number of aliphatic imine (C=N–C) groups is 1. The van der Waals surface area contributed by atoms with Gasteiger partial charge in [0.05, 0.1) is 5.69 Å². The van der Waals surface area contributed by atoms with Gasteiger partial charge in [-0.05, 0) is 55.0 Å². The van der Waals surface area contributed by atoms with Crippen molar-refractivity contribution >= 4 is 23.7 Å². The van der Waals surface area contributed by atoms with Crippen molar-refractivity contribution in [2.45, 2.75) is 16.7 Å². The maximum atomic E-state index is 13.1. The molecule has 0 atom stereocenters. The van der Waals surface area contributed by atoms with Crippen molar-refractivity contribution in [3.8, 4) is 0 Å². The molecule has 0 heterocycles. The van der Waals surface area contributed by atoms with Gasteiger partial charge in [-0.25, -0.2) is 4.39 Å². The van der Waals surface area contributed by atoms with Gasteiger partial charge in [-0.2, -0.15) is 0 Å². The normalized spacial score (nSPS) is 11.0. The molecular formula is C20H16FNS. The van der Waals surface area contributed by atoms with Gasteiger partial charge in [0, 0.05) is 16.0 Å². The van der Waals surface area contributed by atoms with Crippen LogP contribution in [0, 0.1) is 12.7 Å². The van der Waals surface area contributed by atoms with Crippen molar-refractivity contribution in [2.75, 3.05) is 0 Å².